The van der Waals surface area contributed by atoms with Crippen LogP contribution in [-0.4, -0.2) is 22.1 Å². The molecule has 6 nitrogen and oxygen atoms in total. The van der Waals surface area contributed by atoms with Crippen LogP contribution >= 0.6 is 0 Å². The van der Waals surface area contributed by atoms with Crippen LogP contribution in [0.1, 0.15) is 17.7 Å². The van der Waals surface area contributed by atoms with Gasteiger partial charge in [0.2, 0.25) is 5.88 Å². The maximum Gasteiger partial charge on any atom is 0.212 e. The van der Waals surface area contributed by atoms with Crippen LogP contribution < -0.4 is 16.0 Å². The van der Waals surface area contributed by atoms with Crippen LogP contribution in [-0.2, 0) is 12.8 Å². The van der Waals surface area contributed by atoms with Gasteiger partial charge in [-0.1, -0.05) is 0 Å². The topological polar surface area (TPSA) is 86.0 Å². The number of nitrogens with two attached hydrogens (primary N) is 1. The summed E-state index contributed by atoms with van der Waals surface area (Å²) in [5.74, 6) is 7.47. The maximum atomic E-state index is 5.54. The maximum absolute atomic E-state index is 5.54. The van der Waals surface area contributed by atoms with Crippen LogP contribution in [0.5, 0.6) is 5.88 Å². The van der Waals surface area contributed by atoms with Gasteiger partial charge in [0.05, 0.1) is 7.11 Å². The quantitative estimate of drug-likeness (QED) is 0.637. The molecule has 2 heterocycles. The number of rotatable bonds is 3. The Hall–Kier alpha value is -2.21. The van der Waals surface area contributed by atoms with Gasteiger partial charge < -0.3 is 10.2 Å². The van der Waals surface area contributed by atoms with E-state index in [1.807, 2.05) is 6.07 Å². The highest BCUT2D eigenvalue weighted by Crippen LogP contribution is 2.28. The second-order valence-electron chi connectivity index (χ2n) is 4.41. The summed E-state index contributed by atoms with van der Waals surface area (Å²) in [7, 11) is 1.59. The van der Waals surface area contributed by atoms with E-state index in [1.54, 1.807) is 19.4 Å². The molecule has 2 aromatic heterocycles. The standard InChI is InChI=1S/C13H15N5O/c1-19-11-6-5-8(7-15-11)12-16-10-4-2-3-9(10)13(17-12)18-14/h5-7H,2-4,14H2,1H3,(H,16,17,18). The van der Waals surface area contributed by atoms with Crippen LogP contribution in [0.4, 0.5) is 5.82 Å². The first kappa shape index (κ1) is 11.9. The molecule has 2 aromatic rings. The van der Waals surface area contributed by atoms with Crippen LogP contribution in [0.15, 0.2) is 18.3 Å². The number of nitrogens with zero attached hydrogens (tertiary/aromatic N) is 3. The number of nitrogen functional groups attached to an aromatic ring is 1. The Morgan fingerprint density at radius 1 is 1.26 bits per heavy atom. The zero-order valence-corrected chi connectivity index (χ0v) is 10.7. The van der Waals surface area contributed by atoms with E-state index in [0.29, 0.717) is 17.5 Å². The van der Waals surface area contributed by atoms with Gasteiger partial charge in [-0.25, -0.2) is 20.8 Å². The average Bonchev–Trinajstić information content (AvgIpc) is 2.94. The first-order valence-corrected chi connectivity index (χ1v) is 6.18. The fourth-order valence-electron chi connectivity index (χ4n) is 2.31. The summed E-state index contributed by atoms with van der Waals surface area (Å²) in [6, 6.07) is 3.68. The van der Waals surface area contributed by atoms with Crippen molar-refractivity contribution in [1.29, 1.82) is 0 Å². The van der Waals surface area contributed by atoms with Crippen LogP contribution in [0.3, 0.4) is 0 Å². The molecule has 3 rings (SSSR count). The molecule has 0 radical (unpaired) electrons. The van der Waals surface area contributed by atoms with E-state index in [2.05, 4.69) is 20.4 Å². The molecule has 0 bridgehead atoms. The zero-order chi connectivity index (χ0) is 13.2. The van der Waals surface area contributed by atoms with Gasteiger partial charge in [-0.05, 0) is 25.3 Å². The van der Waals surface area contributed by atoms with Gasteiger partial charge in [-0.3, -0.25) is 0 Å². The Bertz CT molecular complexity index is 597. The summed E-state index contributed by atoms with van der Waals surface area (Å²) >= 11 is 0. The molecular formula is C13H15N5O. The predicted molar refractivity (Wildman–Crippen MR) is 71.7 cm³/mol. The molecule has 0 atom stereocenters. The lowest BCUT2D eigenvalue weighted by Gasteiger charge is -2.09. The van der Waals surface area contributed by atoms with Crippen LogP contribution in [0, 0.1) is 0 Å². The number of hydrogen-bond donors (Lipinski definition) is 2. The Balaban J connectivity index is 2.04. The van der Waals surface area contributed by atoms with Crippen molar-refractivity contribution >= 4 is 5.82 Å². The molecule has 0 unspecified atom stereocenters. The van der Waals surface area contributed by atoms with Crippen molar-refractivity contribution in [3.8, 4) is 17.3 Å². The van der Waals surface area contributed by atoms with Crippen molar-refractivity contribution < 1.29 is 4.74 Å². The number of pyridine rings is 1. The molecule has 1 aliphatic carbocycles. The Morgan fingerprint density at radius 2 is 2.16 bits per heavy atom. The second-order valence-corrected chi connectivity index (χ2v) is 4.41. The fourth-order valence-corrected chi connectivity index (χ4v) is 2.31. The van der Waals surface area contributed by atoms with Gasteiger partial charge >= 0.3 is 0 Å². The Morgan fingerprint density at radius 3 is 2.84 bits per heavy atom. The van der Waals surface area contributed by atoms with Crippen molar-refractivity contribution in [1.82, 2.24) is 15.0 Å². The molecule has 0 aromatic carbocycles. The number of methoxy groups -OCH3 is 1. The minimum absolute atomic E-state index is 0.571. The van der Waals surface area contributed by atoms with E-state index in [4.69, 9.17) is 10.6 Å². The van der Waals surface area contributed by atoms with Gasteiger partial charge in [0.15, 0.2) is 5.82 Å². The van der Waals surface area contributed by atoms with Crippen LogP contribution in [0.2, 0.25) is 0 Å². The highest BCUT2D eigenvalue weighted by molar-refractivity contribution is 5.60. The largest absolute Gasteiger partial charge is 0.481 e. The summed E-state index contributed by atoms with van der Waals surface area (Å²) in [6.45, 7) is 0. The first-order valence-electron chi connectivity index (χ1n) is 6.18. The van der Waals surface area contributed by atoms with E-state index in [0.717, 1.165) is 36.1 Å². The minimum Gasteiger partial charge on any atom is -0.481 e. The normalized spacial score (nSPS) is 13.2. The minimum atomic E-state index is 0.571. The summed E-state index contributed by atoms with van der Waals surface area (Å²) in [6.07, 6.45) is 4.76. The Labute approximate surface area is 111 Å². The number of aryl methyl sites for hydroxylation is 1. The smallest absolute Gasteiger partial charge is 0.212 e. The lowest BCUT2D eigenvalue weighted by Crippen LogP contribution is -2.12. The zero-order valence-electron chi connectivity index (χ0n) is 10.7. The molecule has 0 aliphatic heterocycles. The second kappa shape index (κ2) is 4.81. The van der Waals surface area contributed by atoms with Crippen molar-refractivity contribution in [2.45, 2.75) is 19.3 Å². The highest BCUT2D eigenvalue weighted by atomic mass is 16.5. The Kier molecular flexibility index (Phi) is 3.00. The van der Waals surface area contributed by atoms with Crippen molar-refractivity contribution in [2.24, 2.45) is 5.84 Å². The van der Waals surface area contributed by atoms with Gasteiger partial charge in [0.1, 0.15) is 5.82 Å². The van der Waals surface area contributed by atoms with Gasteiger partial charge in [-0.15, -0.1) is 0 Å². The van der Waals surface area contributed by atoms with Gasteiger partial charge in [0.25, 0.3) is 0 Å². The molecule has 0 saturated heterocycles. The molecule has 3 N–H and O–H groups in total. The van der Waals surface area contributed by atoms with Crippen molar-refractivity contribution in [2.75, 3.05) is 12.5 Å². The summed E-state index contributed by atoms with van der Waals surface area (Å²) in [5, 5.41) is 0. The van der Waals surface area contributed by atoms with Gasteiger partial charge in [-0.2, -0.15) is 0 Å². The van der Waals surface area contributed by atoms with E-state index in [1.165, 1.54) is 0 Å². The van der Waals surface area contributed by atoms with Gasteiger partial charge in [0, 0.05) is 29.1 Å². The monoisotopic (exact) mass is 257 g/mol. The number of fused-ring (bicyclic) bond motifs is 1. The van der Waals surface area contributed by atoms with E-state index in [9.17, 15) is 0 Å². The fraction of sp³-hybridized carbons (Fsp3) is 0.308. The van der Waals surface area contributed by atoms with Crippen molar-refractivity contribution in [3.63, 3.8) is 0 Å². The number of ether oxygens (including phenoxy) is 1. The molecule has 19 heavy (non-hydrogen) atoms. The van der Waals surface area contributed by atoms with E-state index < -0.39 is 0 Å². The molecule has 0 amide bonds. The lowest BCUT2D eigenvalue weighted by molar-refractivity contribution is 0.398. The van der Waals surface area contributed by atoms with Crippen LogP contribution in [0.25, 0.3) is 11.4 Å². The summed E-state index contributed by atoms with van der Waals surface area (Å²) < 4.78 is 5.04. The number of anilines is 1. The molecule has 0 fully saturated rings. The number of hydrazine groups is 1. The SMILES string of the molecule is COc1ccc(-c2nc3c(c(NN)n2)CCC3)cn1. The van der Waals surface area contributed by atoms with Crippen molar-refractivity contribution in [3.05, 3.63) is 29.6 Å². The molecule has 6 heteroatoms. The summed E-state index contributed by atoms with van der Waals surface area (Å²) in [5.41, 5.74) is 5.73. The molecule has 1 aliphatic rings. The first-order chi connectivity index (χ1) is 9.31. The third-order valence-corrected chi connectivity index (χ3v) is 3.27. The molecule has 0 spiro atoms. The summed E-state index contributed by atoms with van der Waals surface area (Å²) in [4.78, 5) is 13.2. The third-order valence-electron chi connectivity index (χ3n) is 3.27. The molecule has 0 saturated carbocycles. The molecule has 98 valence electrons. The lowest BCUT2D eigenvalue weighted by atomic mass is 10.2. The van der Waals surface area contributed by atoms with E-state index in [-0.39, 0.29) is 0 Å². The van der Waals surface area contributed by atoms with E-state index >= 15 is 0 Å². The average molecular weight is 257 g/mol. The number of nitrogens with one attached hydrogen (secondary N) is 1. The molecular weight excluding hydrogens is 242 g/mol. The number of aromatic nitrogens is 3. The third kappa shape index (κ3) is 2.10. The highest BCUT2D eigenvalue weighted by Gasteiger charge is 2.19. The predicted octanol–water partition coefficient (Wildman–Crippen LogP) is 1.32. The number of hydrogen-bond acceptors (Lipinski definition) is 6.